The van der Waals surface area contributed by atoms with Crippen molar-refractivity contribution in [2.75, 3.05) is 24.5 Å². The molecular formula is C16H22N6OS. The molecule has 1 aromatic heterocycles. The zero-order valence-electron chi connectivity index (χ0n) is 13.6. The van der Waals surface area contributed by atoms with Gasteiger partial charge in [-0.05, 0) is 18.8 Å². The van der Waals surface area contributed by atoms with Crippen molar-refractivity contribution in [3.05, 3.63) is 5.51 Å². The average molecular weight is 346 g/mol. The van der Waals surface area contributed by atoms with Gasteiger partial charge >= 0.3 is 0 Å². The molecule has 3 heterocycles. The van der Waals surface area contributed by atoms with Crippen LogP contribution in [0.3, 0.4) is 0 Å². The van der Waals surface area contributed by atoms with Gasteiger partial charge in [0.05, 0.1) is 0 Å². The van der Waals surface area contributed by atoms with Crippen LogP contribution in [-0.2, 0) is 4.79 Å². The summed E-state index contributed by atoms with van der Waals surface area (Å²) in [6, 6.07) is 0. The minimum atomic E-state index is -0.364. The molecule has 7 nitrogen and oxygen atoms in total. The zero-order chi connectivity index (χ0) is 16.8. The van der Waals surface area contributed by atoms with Crippen molar-refractivity contribution >= 4 is 22.4 Å². The molecule has 0 bridgehead atoms. The van der Waals surface area contributed by atoms with E-state index in [0.717, 1.165) is 44.0 Å². The molecule has 1 aromatic rings. The largest absolute Gasteiger partial charge is 0.356 e. The first-order valence-electron chi connectivity index (χ1n) is 8.36. The van der Waals surface area contributed by atoms with Crippen LogP contribution in [0.4, 0.5) is 5.13 Å². The molecule has 2 aliphatic rings. The van der Waals surface area contributed by atoms with Crippen molar-refractivity contribution in [1.82, 2.24) is 15.5 Å². The normalized spacial score (nSPS) is 19.0. The van der Waals surface area contributed by atoms with Gasteiger partial charge in [0.25, 0.3) is 0 Å². The third kappa shape index (κ3) is 4.51. The lowest BCUT2D eigenvalue weighted by Gasteiger charge is -2.31. The Morgan fingerprint density at radius 3 is 2.83 bits per heavy atom. The maximum atomic E-state index is 12.0. The number of terminal acetylenes is 1. The molecular weight excluding hydrogens is 324 g/mol. The fourth-order valence-electron chi connectivity index (χ4n) is 2.96. The fourth-order valence-corrected chi connectivity index (χ4v) is 3.58. The van der Waals surface area contributed by atoms with Gasteiger partial charge < -0.3 is 10.2 Å². The number of hydrogen-bond donors (Lipinski definition) is 1. The standard InChI is InChI=1S/C16H22N6OS/c1-2-3-7-16(20-21-16)8-4-14(23)17-11-13-5-9-22(10-6-13)15-19-18-12-24-15/h1,12-13H,3-11H2,(H,17,23). The molecule has 0 unspecified atom stereocenters. The van der Waals surface area contributed by atoms with Crippen molar-refractivity contribution in [2.24, 2.45) is 16.1 Å². The molecule has 0 saturated carbocycles. The molecule has 1 N–H and O–H groups in total. The molecule has 2 aliphatic heterocycles. The lowest BCUT2D eigenvalue weighted by Crippen LogP contribution is -2.38. The van der Waals surface area contributed by atoms with Gasteiger partial charge in [-0.15, -0.1) is 22.5 Å². The Morgan fingerprint density at radius 2 is 2.21 bits per heavy atom. The van der Waals surface area contributed by atoms with Gasteiger partial charge in [-0.2, -0.15) is 10.2 Å². The molecule has 8 heteroatoms. The van der Waals surface area contributed by atoms with E-state index in [1.807, 2.05) is 0 Å². The smallest absolute Gasteiger partial charge is 0.220 e. The van der Waals surface area contributed by atoms with Crippen molar-refractivity contribution in [1.29, 1.82) is 0 Å². The van der Waals surface area contributed by atoms with Crippen molar-refractivity contribution in [2.45, 2.75) is 44.2 Å². The Bertz CT molecular complexity index is 609. The third-order valence-corrected chi connectivity index (χ3v) is 5.38. The number of carbonyl (C=O) groups excluding carboxylic acids is 1. The Balaban J connectivity index is 1.31. The van der Waals surface area contributed by atoms with Gasteiger partial charge in [-0.25, -0.2) is 0 Å². The molecule has 0 aromatic carbocycles. The molecule has 128 valence electrons. The van der Waals surface area contributed by atoms with Crippen LogP contribution < -0.4 is 10.2 Å². The lowest BCUT2D eigenvalue weighted by molar-refractivity contribution is -0.121. The van der Waals surface area contributed by atoms with Gasteiger partial charge in [-0.3, -0.25) is 4.79 Å². The topological polar surface area (TPSA) is 82.8 Å². The Kier molecular flexibility index (Phi) is 5.41. The minimum absolute atomic E-state index is 0.0823. The Labute approximate surface area is 145 Å². The number of anilines is 1. The summed E-state index contributed by atoms with van der Waals surface area (Å²) in [6.45, 7) is 2.69. The molecule has 0 aliphatic carbocycles. The first-order chi connectivity index (χ1) is 11.7. The summed E-state index contributed by atoms with van der Waals surface area (Å²) in [5.41, 5.74) is 1.40. The fraction of sp³-hybridized carbons (Fsp3) is 0.688. The number of hydrogen-bond acceptors (Lipinski definition) is 7. The molecule has 3 rings (SSSR count). The number of nitrogens with zero attached hydrogens (tertiary/aromatic N) is 5. The summed E-state index contributed by atoms with van der Waals surface area (Å²) in [4.78, 5) is 14.3. The monoisotopic (exact) mass is 346 g/mol. The third-order valence-electron chi connectivity index (χ3n) is 4.63. The molecule has 1 saturated heterocycles. The van der Waals surface area contributed by atoms with Gasteiger partial charge in [0.2, 0.25) is 11.0 Å². The summed E-state index contributed by atoms with van der Waals surface area (Å²) in [6.07, 6.45) is 9.93. The van der Waals surface area contributed by atoms with E-state index < -0.39 is 0 Å². The van der Waals surface area contributed by atoms with Crippen LogP contribution >= 0.6 is 11.3 Å². The molecule has 0 atom stereocenters. The predicted octanol–water partition coefficient (Wildman–Crippen LogP) is 2.23. The van der Waals surface area contributed by atoms with Crippen molar-refractivity contribution < 1.29 is 4.79 Å². The Hall–Kier alpha value is -2.01. The number of amides is 1. The van der Waals surface area contributed by atoms with Crippen molar-refractivity contribution in [3.8, 4) is 12.3 Å². The van der Waals surface area contributed by atoms with Gasteiger partial charge in [0.1, 0.15) is 5.51 Å². The SMILES string of the molecule is C#CCCC1(CCC(=O)NCC2CCN(c3nncs3)CC2)N=N1. The van der Waals surface area contributed by atoms with E-state index in [1.165, 1.54) is 0 Å². The highest BCUT2D eigenvalue weighted by Gasteiger charge is 2.39. The molecule has 1 amide bonds. The quantitative estimate of drug-likeness (QED) is 0.732. The number of rotatable bonds is 8. The van der Waals surface area contributed by atoms with Crippen LogP contribution in [0.1, 0.15) is 38.5 Å². The second-order valence-electron chi connectivity index (χ2n) is 6.34. The number of aromatic nitrogens is 2. The molecule has 0 radical (unpaired) electrons. The zero-order valence-corrected chi connectivity index (χ0v) is 14.5. The van der Waals surface area contributed by atoms with E-state index in [9.17, 15) is 4.79 Å². The highest BCUT2D eigenvalue weighted by Crippen LogP contribution is 2.37. The number of piperidine rings is 1. The van der Waals surface area contributed by atoms with Crippen LogP contribution in [0.2, 0.25) is 0 Å². The second kappa shape index (κ2) is 7.71. The van der Waals surface area contributed by atoms with Crippen LogP contribution in [0.5, 0.6) is 0 Å². The maximum Gasteiger partial charge on any atom is 0.220 e. The van der Waals surface area contributed by atoms with Crippen LogP contribution in [0.15, 0.2) is 15.7 Å². The van der Waals surface area contributed by atoms with Crippen LogP contribution in [0.25, 0.3) is 0 Å². The summed E-state index contributed by atoms with van der Waals surface area (Å²) >= 11 is 1.57. The van der Waals surface area contributed by atoms with E-state index >= 15 is 0 Å². The molecule has 24 heavy (non-hydrogen) atoms. The first-order valence-corrected chi connectivity index (χ1v) is 9.24. The van der Waals surface area contributed by atoms with Gasteiger partial charge in [-0.1, -0.05) is 11.3 Å². The highest BCUT2D eigenvalue weighted by atomic mass is 32.1. The summed E-state index contributed by atoms with van der Waals surface area (Å²) in [5.74, 6) is 3.21. The van der Waals surface area contributed by atoms with Crippen LogP contribution in [0, 0.1) is 18.3 Å². The van der Waals surface area contributed by atoms with Crippen LogP contribution in [-0.4, -0.2) is 41.4 Å². The van der Waals surface area contributed by atoms with E-state index in [0.29, 0.717) is 25.2 Å². The minimum Gasteiger partial charge on any atom is -0.356 e. The highest BCUT2D eigenvalue weighted by molar-refractivity contribution is 7.13. The average Bonchev–Trinajstić information content (AvgIpc) is 3.17. The number of nitrogens with one attached hydrogen (secondary N) is 1. The van der Waals surface area contributed by atoms with E-state index in [-0.39, 0.29) is 11.6 Å². The first kappa shape index (κ1) is 16.8. The van der Waals surface area contributed by atoms with E-state index in [4.69, 9.17) is 6.42 Å². The maximum absolute atomic E-state index is 12.0. The summed E-state index contributed by atoms with van der Waals surface area (Å²) in [7, 11) is 0. The second-order valence-corrected chi connectivity index (χ2v) is 7.15. The van der Waals surface area contributed by atoms with E-state index in [1.54, 1.807) is 16.8 Å². The van der Waals surface area contributed by atoms with E-state index in [2.05, 4.69) is 36.6 Å². The predicted molar refractivity (Wildman–Crippen MR) is 92.7 cm³/mol. The summed E-state index contributed by atoms with van der Waals surface area (Å²) < 4.78 is 0. The van der Waals surface area contributed by atoms with Gasteiger partial charge in [0, 0.05) is 45.3 Å². The Morgan fingerprint density at radius 1 is 1.42 bits per heavy atom. The van der Waals surface area contributed by atoms with Crippen molar-refractivity contribution in [3.63, 3.8) is 0 Å². The lowest BCUT2D eigenvalue weighted by atomic mass is 9.97. The molecule has 0 spiro atoms. The van der Waals surface area contributed by atoms with Gasteiger partial charge in [0.15, 0.2) is 5.66 Å². The molecule has 1 fully saturated rings. The summed E-state index contributed by atoms with van der Waals surface area (Å²) in [5, 5.41) is 20.2. The number of carbonyl (C=O) groups is 1.